The number of rotatable bonds is 0. The maximum atomic E-state index is 3.96. The van der Waals surface area contributed by atoms with Crippen molar-refractivity contribution >= 4 is 5.69 Å². The Morgan fingerprint density at radius 3 is 2.92 bits per heavy atom. The van der Waals surface area contributed by atoms with Gasteiger partial charge in [-0.2, -0.15) is 0 Å². The first-order valence-electron chi connectivity index (χ1n) is 4.39. The Morgan fingerprint density at radius 2 is 2.00 bits per heavy atom. The molecular weight excluding hydrogens is 146 g/mol. The molecule has 62 valence electrons. The van der Waals surface area contributed by atoms with E-state index in [1.165, 1.54) is 24.1 Å². The largest absolute Gasteiger partial charge is 0.359 e. The van der Waals surface area contributed by atoms with Gasteiger partial charge in [0.15, 0.2) is 0 Å². The maximum absolute atomic E-state index is 3.96. The Bertz CT molecular complexity index is 302. The molecule has 2 rings (SSSR count). The van der Waals surface area contributed by atoms with Gasteiger partial charge in [0, 0.05) is 11.4 Å². The van der Waals surface area contributed by atoms with Crippen molar-refractivity contribution in [2.24, 2.45) is 0 Å². The Morgan fingerprint density at radius 1 is 1.17 bits per heavy atom. The van der Waals surface area contributed by atoms with Crippen LogP contribution in [0.2, 0.25) is 0 Å². The van der Waals surface area contributed by atoms with E-state index in [0.717, 1.165) is 12.1 Å². The van der Waals surface area contributed by atoms with Crippen molar-refractivity contribution in [3.05, 3.63) is 42.1 Å². The van der Waals surface area contributed by atoms with Crippen molar-refractivity contribution in [3.63, 3.8) is 0 Å². The summed E-state index contributed by atoms with van der Waals surface area (Å²) in [5.74, 6) is 0. The molecule has 0 saturated carbocycles. The molecule has 1 heteroatoms. The summed E-state index contributed by atoms with van der Waals surface area (Å²) in [5.41, 5.74) is 3.79. The van der Waals surface area contributed by atoms with Crippen LogP contribution in [0.15, 0.2) is 36.5 Å². The zero-order chi connectivity index (χ0) is 8.39. The Balaban J connectivity index is 2.37. The fourth-order valence-electron chi connectivity index (χ4n) is 1.61. The highest BCUT2D eigenvalue weighted by atomic mass is 14.9. The van der Waals surface area contributed by atoms with Gasteiger partial charge in [-0.05, 0) is 30.9 Å². The van der Waals surface area contributed by atoms with Crippen molar-refractivity contribution in [1.29, 1.82) is 0 Å². The maximum Gasteiger partial charge on any atom is 0.0414 e. The summed E-state index contributed by atoms with van der Waals surface area (Å²) >= 11 is 0. The zero-order valence-electron chi connectivity index (χ0n) is 7.14. The van der Waals surface area contributed by atoms with Crippen LogP contribution < -0.4 is 5.32 Å². The smallest absolute Gasteiger partial charge is 0.0414 e. The third-order valence-electron chi connectivity index (χ3n) is 2.25. The molecule has 1 aliphatic heterocycles. The lowest BCUT2D eigenvalue weighted by Gasteiger charge is -2.06. The lowest BCUT2D eigenvalue weighted by atomic mass is 10.1. The number of aryl methyl sites for hydroxylation is 1. The quantitative estimate of drug-likeness (QED) is 0.613. The first-order chi connectivity index (χ1) is 5.86. The molecule has 0 fully saturated rings. The molecule has 0 atom stereocenters. The van der Waals surface area contributed by atoms with Gasteiger partial charge in [-0.25, -0.2) is 0 Å². The minimum Gasteiger partial charge on any atom is -0.359 e. The average Bonchev–Trinajstić information content (AvgIpc) is 2.25. The van der Waals surface area contributed by atoms with Gasteiger partial charge in [0.05, 0.1) is 0 Å². The zero-order valence-corrected chi connectivity index (χ0v) is 7.14. The number of hydrogen-bond acceptors (Lipinski definition) is 1. The van der Waals surface area contributed by atoms with Gasteiger partial charge in [0.1, 0.15) is 0 Å². The average molecular weight is 159 g/mol. The molecule has 0 aromatic heterocycles. The van der Waals surface area contributed by atoms with Crippen molar-refractivity contribution < 1.29 is 0 Å². The van der Waals surface area contributed by atoms with Gasteiger partial charge in [-0.1, -0.05) is 24.8 Å². The van der Waals surface area contributed by atoms with Gasteiger partial charge in [-0.3, -0.25) is 0 Å². The van der Waals surface area contributed by atoms with Gasteiger partial charge >= 0.3 is 0 Å². The minimum atomic E-state index is 1.09. The number of anilines is 1. The van der Waals surface area contributed by atoms with Crippen molar-refractivity contribution in [1.82, 2.24) is 0 Å². The first-order valence-corrected chi connectivity index (χ1v) is 4.39. The molecule has 1 nitrogen and oxygen atoms in total. The SMILES string of the molecule is C=C1CCCc2ccccc2N1. The normalized spacial score (nSPS) is 16.2. The minimum absolute atomic E-state index is 1.09. The summed E-state index contributed by atoms with van der Waals surface area (Å²) in [5, 5.41) is 3.33. The van der Waals surface area contributed by atoms with Gasteiger partial charge < -0.3 is 5.32 Å². The molecule has 1 aromatic rings. The van der Waals surface area contributed by atoms with Gasteiger partial charge in [0.25, 0.3) is 0 Å². The fourth-order valence-corrected chi connectivity index (χ4v) is 1.61. The molecule has 1 N–H and O–H groups in total. The molecule has 1 aliphatic rings. The Labute approximate surface area is 73.1 Å². The van der Waals surface area contributed by atoms with Crippen LogP contribution in [-0.4, -0.2) is 0 Å². The van der Waals surface area contributed by atoms with Crippen molar-refractivity contribution in [2.75, 3.05) is 5.32 Å². The summed E-state index contributed by atoms with van der Waals surface area (Å²) in [4.78, 5) is 0. The topological polar surface area (TPSA) is 12.0 Å². The number of para-hydroxylation sites is 1. The van der Waals surface area contributed by atoms with Crippen LogP contribution in [-0.2, 0) is 6.42 Å². The number of benzene rings is 1. The number of hydrogen-bond donors (Lipinski definition) is 1. The molecular formula is C11H13N. The second-order valence-electron chi connectivity index (χ2n) is 3.24. The molecule has 0 unspecified atom stereocenters. The van der Waals surface area contributed by atoms with Crippen LogP contribution in [0.4, 0.5) is 5.69 Å². The predicted molar refractivity (Wildman–Crippen MR) is 52.1 cm³/mol. The molecule has 0 radical (unpaired) electrons. The van der Waals surface area contributed by atoms with Crippen LogP contribution in [0.5, 0.6) is 0 Å². The van der Waals surface area contributed by atoms with E-state index < -0.39 is 0 Å². The standard InChI is InChI=1S/C11H13N/c1-9-5-4-7-10-6-2-3-8-11(10)12-9/h2-3,6,8,12H,1,4-5,7H2. The molecule has 0 saturated heterocycles. The van der Waals surface area contributed by atoms with E-state index in [2.05, 4.69) is 36.2 Å². The Hall–Kier alpha value is -1.24. The second-order valence-corrected chi connectivity index (χ2v) is 3.24. The molecule has 1 heterocycles. The van der Waals surface area contributed by atoms with Crippen LogP contribution in [0.3, 0.4) is 0 Å². The third-order valence-corrected chi connectivity index (χ3v) is 2.25. The van der Waals surface area contributed by atoms with E-state index in [4.69, 9.17) is 0 Å². The fraction of sp³-hybridized carbons (Fsp3) is 0.273. The molecule has 0 aliphatic carbocycles. The van der Waals surface area contributed by atoms with Crippen LogP contribution in [0.25, 0.3) is 0 Å². The van der Waals surface area contributed by atoms with E-state index in [9.17, 15) is 0 Å². The molecule has 0 bridgehead atoms. The van der Waals surface area contributed by atoms with Crippen LogP contribution in [0, 0.1) is 0 Å². The molecule has 0 amide bonds. The predicted octanol–water partition coefficient (Wildman–Crippen LogP) is 2.95. The number of fused-ring (bicyclic) bond motifs is 1. The monoisotopic (exact) mass is 159 g/mol. The van der Waals surface area contributed by atoms with Crippen molar-refractivity contribution in [2.45, 2.75) is 19.3 Å². The van der Waals surface area contributed by atoms with Crippen LogP contribution in [0.1, 0.15) is 18.4 Å². The summed E-state index contributed by atoms with van der Waals surface area (Å²) in [7, 11) is 0. The van der Waals surface area contributed by atoms with Crippen molar-refractivity contribution in [3.8, 4) is 0 Å². The van der Waals surface area contributed by atoms with Gasteiger partial charge in [0.2, 0.25) is 0 Å². The highest BCUT2D eigenvalue weighted by molar-refractivity contribution is 5.55. The second kappa shape index (κ2) is 3.02. The van der Waals surface area contributed by atoms with E-state index >= 15 is 0 Å². The van der Waals surface area contributed by atoms with E-state index in [0.29, 0.717) is 0 Å². The van der Waals surface area contributed by atoms with E-state index in [1.807, 2.05) is 0 Å². The summed E-state index contributed by atoms with van der Waals surface area (Å²) in [6.45, 7) is 3.96. The molecule has 1 aromatic carbocycles. The lowest BCUT2D eigenvalue weighted by Crippen LogP contribution is -1.95. The van der Waals surface area contributed by atoms with E-state index in [1.54, 1.807) is 0 Å². The Kier molecular flexibility index (Phi) is 1.86. The summed E-state index contributed by atoms with van der Waals surface area (Å²) in [6, 6.07) is 8.45. The number of allylic oxidation sites excluding steroid dienone is 1. The first kappa shape index (κ1) is 7.41. The molecule has 0 spiro atoms. The van der Waals surface area contributed by atoms with Gasteiger partial charge in [-0.15, -0.1) is 0 Å². The lowest BCUT2D eigenvalue weighted by molar-refractivity contribution is 0.836. The highest BCUT2D eigenvalue weighted by Crippen LogP contribution is 2.23. The number of nitrogens with one attached hydrogen (secondary N) is 1. The third kappa shape index (κ3) is 1.35. The molecule has 12 heavy (non-hydrogen) atoms. The van der Waals surface area contributed by atoms with E-state index in [-0.39, 0.29) is 0 Å². The summed E-state index contributed by atoms with van der Waals surface area (Å²) in [6.07, 6.45) is 3.47. The highest BCUT2D eigenvalue weighted by Gasteiger charge is 2.07. The van der Waals surface area contributed by atoms with Crippen LogP contribution >= 0.6 is 0 Å². The summed E-state index contributed by atoms with van der Waals surface area (Å²) < 4.78 is 0.